The molecule has 0 aromatic heterocycles. The van der Waals surface area contributed by atoms with Crippen LogP contribution >= 0.6 is 0 Å². The van der Waals surface area contributed by atoms with Crippen LogP contribution in [0, 0.1) is 0 Å². The largest absolute Gasteiger partial charge is 0.412 e. The van der Waals surface area contributed by atoms with Crippen molar-refractivity contribution in [1.29, 1.82) is 0 Å². The highest BCUT2D eigenvalue weighted by atomic mass is 28.4. The molecule has 2 aliphatic rings. The Morgan fingerprint density at radius 2 is 1.89 bits per heavy atom. The Kier molecular flexibility index (Phi) is 3.64. The molecule has 0 bridgehead atoms. The Hall–Kier alpha value is -0.683. The minimum absolute atomic E-state index is 0.0112. The second kappa shape index (κ2) is 4.70. The van der Waals surface area contributed by atoms with E-state index in [0.717, 1.165) is 6.42 Å². The van der Waals surface area contributed by atoms with Gasteiger partial charge in [0.05, 0.1) is 18.7 Å². The maximum Gasteiger partial charge on any atom is 0.223 e. The molecule has 0 aromatic rings. The van der Waals surface area contributed by atoms with Gasteiger partial charge in [-0.3, -0.25) is 9.59 Å². The SMILES string of the molecule is CC(C)(C)[Si](C)(C)O[C@H]1CCC(=O)N2CC(=O)C[C@H]12. The lowest BCUT2D eigenvalue weighted by atomic mass is 9.99. The van der Waals surface area contributed by atoms with Gasteiger partial charge in [0, 0.05) is 12.8 Å². The van der Waals surface area contributed by atoms with Crippen LogP contribution < -0.4 is 0 Å². The molecule has 0 saturated carbocycles. The molecule has 2 rings (SSSR count). The summed E-state index contributed by atoms with van der Waals surface area (Å²) in [6.45, 7) is 11.4. The maximum atomic E-state index is 11.9. The van der Waals surface area contributed by atoms with Crippen LogP contribution in [-0.2, 0) is 14.0 Å². The summed E-state index contributed by atoms with van der Waals surface area (Å²) in [6, 6.07) is -0.0112. The second-order valence-electron chi connectivity index (χ2n) is 7.29. The van der Waals surface area contributed by atoms with Gasteiger partial charge in [-0.2, -0.15) is 0 Å². The molecule has 19 heavy (non-hydrogen) atoms. The fraction of sp³-hybridized carbons (Fsp3) is 0.857. The average molecular weight is 283 g/mol. The van der Waals surface area contributed by atoms with Crippen LogP contribution in [0.2, 0.25) is 18.1 Å². The normalized spacial score (nSPS) is 28.8. The molecule has 0 N–H and O–H groups in total. The highest BCUT2D eigenvalue weighted by Crippen LogP contribution is 2.40. The Bertz CT molecular complexity index is 400. The lowest BCUT2D eigenvalue weighted by Crippen LogP contribution is -2.54. The molecule has 2 atom stereocenters. The molecule has 0 radical (unpaired) electrons. The molecule has 0 aliphatic carbocycles. The van der Waals surface area contributed by atoms with Crippen LogP contribution in [0.3, 0.4) is 0 Å². The molecule has 4 nitrogen and oxygen atoms in total. The van der Waals surface area contributed by atoms with Gasteiger partial charge in [-0.1, -0.05) is 20.8 Å². The molecular weight excluding hydrogens is 258 g/mol. The summed E-state index contributed by atoms with van der Waals surface area (Å²) in [4.78, 5) is 25.2. The van der Waals surface area contributed by atoms with Gasteiger partial charge in [0.15, 0.2) is 14.1 Å². The first-order valence-electron chi connectivity index (χ1n) is 7.11. The highest BCUT2D eigenvalue weighted by molar-refractivity contribution is 6.74. The Morgan fingerprint density at radius 1 is 1.26 bits per heavy atom. The van der Waals surface area contributed by atoms with Gasteiger partial charge in [0.1, 0.15) is 0 Å². The Balaban J connectivity index is 2.13. The molecule has 1 amide bonds. The monoisotopic (exact) mass is 283 g/mol. The van der Waals surface area contributed by atoms with Gasteiger partial charge in [0.2, 0.25) is 5.91 Å². The molecule has 0 unspecified atom stereocenters. The van der Waals surface area contributed by atoms with E-state index in [1.807, 2.05) is 0 Å². The zero-order valence-electron chi connectivity index (χ0n) is 12.7. The summed E-state index contributed by atoms with van der Waals surface area (Å²) in [5, 5.41) is 0.155. The first-order chi connectivity index (χ1) is 8.62. The maximum absolute atomic E-state index is 11.9. The smallest absolute Gasteiger partial charge is 0.223 e. The molecule has 5 heteroatoms. The number of piperidine rings is 1. The Labute approximate surface area is 116 Å². The van der Waals surface area contributed by atoms with Crippen molar-refractivity contribution >= 4 is 20.0 Å². The number of nitrogens with zero attached hydrogens (tertiary/aromatic N) is 1. The van der Waals surface area contributed by atoms with Crippen LogP contribution in [0.4, 0.5) is 0 Å². The lowest BCUT2D eigenvalue weighted by Gasteiger charge is -2.44. The van der Waals surface area contributed by atoms with Crippen LogP contribution in [0.1, 0.15) is 40.0 Å². The predicted octanol–water partition coefficient (Wildman–Crippen LogP) is 2.34. The molecule has 0 aromatic carbocycles. The van der Waals surface area contributed by atoms with Crippen LogP contribution in [-0.4, -0.2) is 43.6 Å². The Morgan fingerprint density at radius 3 is 2.47 bits per heavy atom. The number of amides is 1. The van der Waals surface area contributed by atoms with Crippen molar-refractivity contribution in [3.05, 3.63) is 0 Å². The molecular formula is C14H25NO3Si. The zero-order chi connectivity index (χ0) is 14.4. The van der Waals surface area contributed by atoms with E-state index in [0.29, 0.717) is 19.4 Å². The number of hydrogen-bond donors (Lipinski definition) is 0. The van der Waals surface area contributed by atoms with Gasteiger partial charge < -0.3 is 9.33 Å². The van der Waals surface area contributed by atoms with Gasteiger partial charge in [0.25, 0.3) is 0 Å². The molecule has 2 aliphatic heterocycles. The molecule has 2 heterocycles. The van der Waals surface area contributed by atoms with Gasteiger partial charge in [-0.25, -0.2) is 0 Å². The standard InChI is InChI=1S/C14H25NO3Si/c1-14(2,3)19(4,5)18-12-6-7-13(17)15-9-10(16)8-11(12)15/h11-12H,6-9H2,1-5H3/t11-,12+/m1/s1. The summed E-state index contributed by atoms with van der Waals surface area (Å²) in [6.07, 6.45) is 1.80. The van der Waals surface area contributed by atoms with Crippen LogP contribution in [0.25, 0.3) is 0 Å². The first kappa shape index (κ1) is 14.7. The van der Waals surface area contributed by atoms with Crippen LogP contribution in [0.15, 0.2) is 0 Å². The van der Waals surface area contributed by atoms with E-state index in [2.05, 4.69) is 33.9 Å². The van der Waals surface area contributed by atoms with Gasteiger partial charge >= 0.3 is 0 Å². The summed E-state index contributed by atoms with van der Waals surface area (Å²) < 4.78 is 6.45. The van der Waals surface area contributed by atoms with Crippen molar-refractivity contribution < 1.29 is 14.0 Å². The molecule has 108 valence electrons. The number of hydrogen-bond acceptors (Lipinski definition) is 3. The molecule has 2 fully saturated rings. The lowest BCUT2D eigenvalue weighted by molar-refractivity contribution is -0.139. The number of Topliss-reactive ketones (excluding diaryl/α,β-unsaturated/α-hetero) is 1. The highest BCUT2D eigenvalue weighted by Gasteiger charge is 2.47. The van der Waals surface area contributed by atoms with E-state index in [1.54, 1.807) is 4.90 Å². The van der Waals surface area contributed by atoms with E-state index in [-0.39, 0.29) is 28.9 Å². The van der Waals surface area contributed by atoms with Gasteiger partial charge in [-0.15, -0.1) is 0 Å². The number of carbonyl (C=O) groups is 2. The summed E-state index contributed by atoms with van der Waals surface area (Å²) in [7, 11) is -1.85. The average Bonchev–Trinajstić information content (AvgIpc) is 2.63. The topological polar surface area (TPSA) is 46.6 Å². The third kappa shape index (κ3) is 2.77. The fourth-order valence-electron chi connectivity index (χ4n) is 2.61. The van der Waals surface area contributed by atoms with Crippen molar-refractivity contribution in [2.45, 2.75) is 70.3 Å². The summed E-state index contributed by atoms with van der Waals surface area (Å²) >= 11 is 0. The minimum Gasteiger partial charge on any atom is -0.412 e. The number of carbonyl (C=O) groups excluding carboxylic acids is 2. The van der Waals surface area contributed by atoms with E-state index < -0.39 is 8.32 Å². The van der Waals surface area contributed by atoms with Crippen molar-refractivity contribution in [3.63, 3.8) is 0 Å². The van der Waals surface area contributed by atoms with E-state index in [9.17, 15) is 9.59 Å². The second-order valence-corrected chi connectivity index (χ2v) is 12.0. The summed E-state index contributed by atoms with van der Waals surface area (Å²) in [5.41, 5.74) is 0. The van der Waals surface area contributed by atoms with E-state index in [4.69, 9.17) is 4.43 Å². The third-order valence-electron chi connectivity index (χ3n) is 4.83. The number of rotatable bonds is 2. The van der Waals surface area contributed by atoms with Crippen LogP contribution in [0.5, 0.6) is 0 Å². The van der Waals surface area contributed by atoms with Gasteiger partial charge in [-0.05, 0) is 24.6 Å². The zero-order valence-corrected chi connectivity index (χ0v) is 13.7. The minimum atomic E-state index is -1.85. The number of fused-ring (bicyclic) bond motifs is 1. The quantitative estimate of drug-likeness (QED) is 0.731. The van der Waals surface area contributed by atoms with Crippen molar-refractivity contribution in [1.82, 2.24) is 4.90 Å². The van der Waals surface area contributed by atoms with Crippen molar-refractivity contribution in [3.8, 4) is 0 Å². The summed E-state index contributed by atoms with van der Waals surface area (Å²) in [5.74, 6) is 0.287. The fourth-order valence-corrected chi connectivity index (χ4v) is 4.00. The predicted molar refractivity (Wildman–Crippen MR) is 76.4 cm³/mol. The third-order valence-corrected chi connectivity index (χ3v) is 9.33. The first-order valence-corrected chi connectivity index (χ1v) is 10.0. The van der Waals surface area contributed by atoms with Crippen molar-refractivity contribution in [2.24, 2.45) is 0 Å². The molecule has 0 spiro atoms. The van der Waals surface area contributed by atoms with E-state index in [1.165, 1.54) is 0 Å². The van der Waals surface area contributed by atoms with Crippen molar-refractivity contribution in [2.75, 3.05) is 6.54 Å². The number of ketones is 1. The molecule has 2 saturated heterocycles. The van der Waals surface area contributed by atoms with E-state index >= 15 is 0 Å².